The quantitative estimate of drug-likeness (QED) is 0.287. The Labute approximate surface area is 178 Å². The van der Waals surface area contributed by atoms with Gasteiger partial charge in [0.15, 0.2) is 5.16 Å². The van der Waals surface area contributed by atoms with Crippen LogP contribution in [0, 0.1) is 5.82 Å². The van der Waals surface area contributed by atoms with E-state index >= 15 is 0 Å². The molecule has 0 spiro atoms. The second-order valence-electron chi connectivity index (χ2n) is 6.30. The maximum Gasteiger partial charge on any atom is 0.262 e. The Balaban J connectivity index is 1.60. The lowest BCUT2D eigenvalue weighted by Gasteiger charge is -2.11. The van der Waals surface area contributed by atoms with Crippen LogP contribution in [-0.2, 0) is 12.3 Å². The first-order chi connectivity index (χ1) is 14.1. The zero-order valence-corrected chi connectivity index (χ0v) is 17.8. The molecule has 4 aromatic rings. The number of nitrogens with zero attached hydrogens (tertiary/aromatic N) is 4. The Morgan fingerprint density at radius 2 is 2.03 bits per heavy atom. The fourth-order valence-corrected chi connectivity index (χ4v) is 4.11. The van der Waals surface area contributed by atoms with Crippen LogP contribution in [0.25, 0.3) is 22.3 Å². The SMILES string of the molecule is CCCn1c(SCc2nc(-c3ccc(F)c(Br)c3)no2)nc2ccccc2c1=O. The Morgan fingerprint density at radius 3 is 2.83 bits per heavy atom. The van der Waals surface area contributed by atoms with Gasteiger partial charge in [-0.3, -0.25) is 9.36 Å². The maximum atomic E-state index is 13.4. The van der Waals surface area contributed by atoms with Gasteiger partial charge in [-0.15, -0.1) is 0 Å². The molecule has 0 unspecified atom stereocenters. The molecule has 148 valence electrons. The van der Waals surface area contributed by atoms with Crippen LogP contribution >= 0.6 is 27.7 Å². The summed E-state index contributed by atoms with van der Waals surface area (Å²) in [5.74, 6) is 0.781. The highest BCUT2D eigenvalue weighted by Crippen LogP contribution is 2.26. The highest BCUT2D eigenvalue weighted by molar-refractivity contribution is 9.10. The number of hydrogen-bond donors (Lipinski definition) is 0. The van der Waals surface area contributed by atoms with Crippen molar-refractivity contribution in [2.24, 2.45) is 0 Å². The van der Waals surface area contributed by atoms with Crippen LogP contribution in [-0.4, -0.2) is 19.7 Å². The van der Waals surface area contributed by atoms with Crippen molar-refractivity contribution in [1.82, 2.24) is 19.7 Å². The summed E-state index contributed by atoms with van der Waals surface area (Å²) in [7, 11) is 0. The van der Waals surface area contributed by atoms with Gasteiger partial charge in [0.2, 0.25) is 11.7 Å². The molecule has 29 heavy (non-hydrogen) atoms. The molecule has 0 radical (unpaired) electrons. The number of rotatable bonds is 6. The average Bonchev–Trinajstić information content (AvgIpc) is 3.20. The number of benzene rings is 2. The Bertz CT molecular complexity index is 1240. The minimum atomic E-state index is -0.357. The first-order valence-electron chi connectivity index (χ1n) is 8.97. The Hall–Kier alpha value is -2.52. The van der Waals surface area contributed by atoms with Gasteiger partial charge in [-0.2, -0.15) is 4.98 Å². The summed E-state index contributed by atoms with van der Waals surface area (Å²) in [5.41, 5.74) is 1.25. The predicted octanol–water partition coefficient (Wildman–Crippen LogP) is 5.05. The van der Waals surface area contributed by atoms with Gasteiger partial charge in [-0.25, -0.2) is 9.37 Å². The van der Waals surface area contributed by atoms with E-state index < -0.39 is 0 Å². The topological polar surface area (TPSA) is 73.8 Å². The summed E-state index contributed by atoms with van der Waals surface area (Å²) in [6, 6.07) is 11.8. The largest absolute Gasteiger partial charge is 0.338 e. The second kappa shape index (κ2) is 8.46. The van der Waals surface area contributed by atoms with Crippen LogP contribution in [0.4, 0.5) is 4.39 Å². The zero-order valence-electron chi connectivity index (χ0n) is 15.4. The van der Waals surface area contributed by atoms with Gasteiger partial charge in [0.25, 0.3) is 5.56 Å². The van der Waals surface area contributed by atoms with Gasteiger partial charge in [0.1, 0.15) is 5.82 Å². The van der Waals surface area contributed by atoms with Crippen molar-refractivity contribution in [3.8, 4) is 11.4 Å². The lowest BCUT2D eigenvalue weighted by Crippen LogP contribution is -2.23. The molecule has 0 bridgehead atoms. The Morgan fingerprint density at radius 1 is 1.21 bits per heavy atom. The first kappa shape index (κ1) is 19.8. The molecule has 0 aliphatic rings. The van der Waals surface area contributed by atoms with E-state index in [0.717, 1.165) is 6.42 Å². The van der Waals surface area contributed by atoms with Crippen LogP contribution < -0.4 is 5.56 Å². The van der Waals surface area contributed by atoms with Crippen LogP contribution in [0.5, 0.6) is 0 Å². The van der Waals surface area contributed by atoms with E-state index in [-0.39, 0.29) is 11.4 Å². The molecule has 4 rings (SSSR count). The molecule has 2 aromatic heterocycles. The van der Waals surface area contributed by atoms with Gasteiger partial charge in [-0.05, 0) is 52.7 Å². The molecule has 2 aromatic carbocycles. The van der Waals surface area contributed by atoms with Crippen molar-refractivity contribution in [3.63, 3.8) is 0 Å². The minimum Gasteiger partial charge on any atom is -0.338 e. The molecule has 2 heterocycles. The van der Waals surface area contributed by atoms with E-state index in [9.17, 15) is 9.18 Å². The summed E-state index contributed by atoms with van der Waals surface area (Å²) in [6.07, 6.45) is 0.817. The monoisotopic (exact) mass is 474 g/mol. The highest BCUT2D eigenvalue weighted by Gasteiger charge is 2.14. The molecule has 0 aliphatic heterocycles. The zero-order chi connectivity index (χ0) is 20.4. The number of halogens is 2. The molecule has 0 N–H and O–H groups in total. The fraction of sp³-hybridized carbons (Fsp3) is 0.200. The number of thioether (sulfide) groups is 1. The molecule has 9 heteroatoms. The summed E-state index contributed by atoms with van der Waals surface area (Å²) in [6.45, 7) is 2.60. The van der Waals surface area contributed by atoms with Crippen molar-refractivity contribution in [1.29, 1.82) is 0 Å². The first-order valence-corrected chi connectivity index (χ1v) is 10.7. The van der Waals surface area contributed by atoms with Crippen LogP contribution in [0.15, 0.2) is 61.4 Å². The van der Waals surface area contributed by atoms with Crippen molar-refractivity contribution in [2.45, 2.75) is 30.8 Å². The third kappa shape index (κ3) is 4.11. The van der Waals surface area contributed by atoms with Crippen LogP contribution in [0.3, 0.4) is 0 Å². The number of hydrogen-bond acceptors (Lipinski definition) is 6. The van der Waals surface area contributed by atoms with Crippen LogP contribution in [0.1, 0.15) is 19.2 Å². The molecule has 6 nitrogen and oxygen atoms in total. The molecule has 0 aliphatic carbocycles. The van der Waals surface area contributed by atoms with E-state index in [4.69, 9.17) is 4.52 Å². The van der Waals surface area contributed by atoms with Crippen LogP contribution in [0.2, 0.25) is 0 Å². The van der Waals surface area contributed by atoms with E-state index in [1.54, 1.807) is 22.8 Å². The summed E-state index contributed by atoms with van der Waals surface area (Å²) in [5, 5.41) is 5.18. The molecule has 0 fully saturated rings. The molecular weight excluding hydrogens is 459 g/mol. The standard InChI is InChI=1S/C20H16BrFN4O2S/c1-2-9-26-19(27)13-5-3-4-6-16(13)23-20(26)29-11-17-24-18(25-28-17)12-7-8-15(22)14(21)10-12/h3-8,10H,2,9,11H2,1H3. The van der Waals surface area contributed by atoms with E-state index in [0.29, 0.717) is 50.1 Å². The minimum absolute atomic E-state index is 0.0534. The maximum absolute atomic E-state index is 13.4. The summed E-state index contributed by atoms with van der Waals surface area (Å²) in [4.78, 5) is 21.8. The molecule has 0 saturated heterocycles. The second-order valence-corrected chi connectivity index (χ2v) is 8.09. The van der Waals surface area contributed by atoms with E-state index in [1.165, 1.54) is 17.8 Å². The third-order valence-corrected chi connectivity index (χ3v) is 5.81. The van der Waals surface area contributed by atoms with Gasteiger partial charge in [0, 0.05) is 12.1 Å². The number of aromatic nitrogens is 4. The molecule has 0 saturated carbocycles. The van der Waals surface area contributed by atoms with Gasteiger partial charge in [0.05, 0.1) is 21.1 Å². The van der Waals surface area contributed by atoms with Crippen molar-refractivity contribution in [3.05, 3.63) is 69.0 Å². The van der Waals surface area contributed by atoms with Crippen molar-refractivity contribution >= 4 is 38.6 Å². The molecule has 0 amide bonds. The smallest absolute Gasteiger partial charge is 0.262 e. The summed E-state index contributed by atoms with van der Waals surface area (Å²) >= 11 is 4.52. The third-order valence-electron chi connectivity index (χ3n) is 4.24. The molecular formula is C20H16BrFN4O2S. The predicted molar refractivity (Wildman–Crippen MR) is 113 cm³/mol. The lowest BCUT2D eigenvalue weighted by atomic mass is 10.2. The fourth-order valence-electron chi connectivity index (χ4n) is 2.87. The van der Waals surface area contributed by atoms with Gasteiger partial charge >= 0.3 is 0 Å². The van der Waals surface area contributed by atoms with E-state index in [2.05, 4.69) is 31.1 Å². The normalized spacial score (nSPS) is 11.3. The van der Waals surface area contributed by atoms with Crippen molar-refractivity contribution in [2.75, 3.05) is 0 Å². The number of fused-ring (bicyclic) bond motifs is 1. The van der Waals surface area contributed by atoms with E-state index in [1.807, 2.05) is 25.1 Å². The lowest BCUT2D eigenvalue weighted by molar-refractivity contribution is 0.391. The van der Waals surface area contributed by atoms with Gasteiger partial charge in [-0.1, -0.05) is 36.0 Å². The Kier molecular flexibility index (Phi) is 5.77. The number of para-hydroxylation sites is 1. The summed E-state index contributed by atoms with van der Waals surface area (Å²) < 4.78 is 20.8. The van der Waals surface area contributed by atoms with Gasteiger partial charge < -0.3 is 4.52 Å². The molecule has 0 atom stereocenters. The highest BCUT2D eigenvalue weighted by atomic mass is 79.9. The average molecular weight is 475 g/mol. The van der Waals surface area contributed by atoms with Crippen molar-refractivity contribution < 1.29 is 8.91 Å².